The van der Waals surface area contributed by atoms with E-state index in [2.05, 4.69) is 25.2 Å². The molecule has 3 N–H and O–H groups in total. The molecular weight excluding hydrogens is 307 g/mol. The van der Waals surface area contributed by atoms with Crippen LogP contribution in [0.5, 0.6) is 0 Å². The molecular formula is C12H22N2OSn. The molecule has 0 radical (unpaired) electrons. The van der Waals surface area contributed by atoms with Crippen LogP contribution >= 0.6 is 0 Å². The summed E-state index contributed by atoms with van der Waals surface area (Å²) in [5.41, 5.74) is 2.18. The van der Waals surface area contributed by atoms with Crippen molar-refractivity contribution in [2.24, 2.45) is 5.84 Å². The molecule has 0 spiro atoms. The third-order valence-electron chi connectivity index (χ3n) is 2.78. The van der Waals surface area contributed by atoms with Gasteiger partial charge in [-0.1, -0.05) is 0 Å². The molecule has 0 saturated heterocycles. The van der Waals surface area contributed by atoms with Crippen LogP contribution in [-0.4, -0.2) is 24.3 Å². The van der Waals surface area contributed by atoms with E-state index in [4.69, 9.17) is 5.84 Å². The summed E-state index contributed by atoms with van der Waals surface area (Å²) in [5.74, 6) is 5.00. The van der Waals surface area contributed by atoms with Gasteiger partial charge in [0, 0.05) is 0 Å². The first-order valence-corrected chi connectivity index (χ1v) is 13.5. The van der Waals surface area contributed by atoms with Crippen LogP contribution in [0.25, 0.3) is 0 Å². The Morgan fingerprint density at radius 2 is 1.56 bits per heavy atom. The number of nitrogens with two attached hydrogens (primary N) is 1. The van der Waals surface area contributed by atoms with Crippen LogP contribution in [0, 0.1) is 0 Å². The van der Waals surface area contributed by atoms with Crippen LogP contribution in [-0.2, 0) is 4.79 Å². The van der Waals surface area contributed by atoms with E-state index in [0.29, 0.717) is 6.42 Å². The van der Waals surface area contributed by atoms with E-state index in [1.807, 2.05) is 18.2 Å². The Morgan fingerprint density at radius 1 is 1.12 bits per heavy atom. The van der Waals surface area contributed by atoms with Crippen LogP contribution in [0.3, 0.4) is 0 Å². The van der Waals surface area contributed by atoms with Gasteiger partial charge < -0.3 is 0 Å². The van der Waals surface area contributed by atoms with Gasteiger partial charge in [-0.25, -0.2) is 0 Å². The first kappa shape index (κ1) is 15.4. The molecule has 4 heteroatoms. The predicted molar refractivity (Wildman–Crippen MR) is 72.5 cm³/mol. The van der Waals surface area contributed by atoms with Crippen LogP contribution < -0.4 is 11.3 Å². The van der Waals surface area contributed by atoms with Crippen LogP contribution in [0.4, 0.5) is 0 Å². The molecule has 0 unspecified atom stereocenters. The summed E-state index contributed by atoms with van der Waals surface area (Å²) in [6.45, 7) is 11.4. The van der Waals surface area contributed by atoms with Crippen molar-refractivity contribution in [1.82, 2.24) is 5.43 Å². The van der Waals surface area contributed by atoms with Gasteiger partial charge in [-0.05, 0) is 0 Å². The molecule has 0 aromatic heterocycles. The topological polar surface area (TPSA) is 55.1 Å². The second kappa shape index (κ2) is 8.58. The molecule has 0 atom stereocenters. The average molecular weight is 329 g/mol. The normalized spacial score (nSPS) is 10.6. The summed E-state index contributed by atoms with van der Waals surface area (Å²) in [7, 11) is 0. The van der Waals surface area contributed by atoms with Crippen molar-refractivity contribution < 1.29 is 4.79 Å². The predicted octanol–water partition coefficient (Wildman–Crippen LogP) is 2.37. The number of amides is 1. The second-order valence-corrected chi connectivity index (χ2v) is 17.5. The van der Waals surface area contributed by atoms with E-state index >= 15 is 0 Å². The fourth-order valence-electron chi connectivity index (χ4n) is 1.93. The van der Waals surface area contributed by atoms with Gasteiger partial charge in [0.05, 0.1) is 0 Å². The third-order valence-corrected chi connectivity index (χ3v) is 16.4. The molecule has 0 aromatic carbocycles. The molecule has 0 heterocycles. The van der Waals surface area contributed by atoms with E-state index in [-0.39, 0.29) is 5.91 Å². The Hall–Kier alpha value is -0.551. The summed E-state index contributed by atoms with van der Waals surface area (Å²) in [4.78, 5) is 11.2. The Labute approximate surface area is 102 Å². The average Bonchev–Trinajstić information content (AvgIpc) is 2.27. The summed E-state index contributed by atoms with van der Waals surface area (Å²) in [6, 6.07) is 0. The minimum absolute atomic E-state index is 0.0849. The van der Waals surface area contributed by atoms with Gasteiger partial charge in [-0.2, -0.15) is 0 Å². The Balaban J connectivity index is 4.57. The van der Waals surface area contributed by atoms with Crippen molar-refractivity contribution in [1.29, 1.82) is 0 Å². The number of allylic oxidation sites excluding steroid dienone is 3. The maximum absolute atomic E-state index is 11.2. The molecule has 0 bridgehead atoms. The van der Waals surface area contributed by atoms with Crippen molar-refractivity contribution >= 4 is 24.3 Å². The van der Waals surface area contributed by atoms with E-state index < -0.39 is 18.4 Å². The van der Waals surface area contributed by atoms with Crippen LogP contribution in [0.1, 0.15) is 6.42 Å². The molecule has 0 aliphatic rings. The van der Waals surface area contributed by atoms with Gasteiger partial charge in [-0.3, -0.25) is 0 Å². The molecule has 90 valence electrons. The van der Waals surface area contributed by atoms with Crippen molar-refractivity contribution in [2.45, 2.75) is 24.2 Å². The number of hydrogen-bond acceptors (Lipinski definition) is 2. The monoisotopic (exact) mass is 330 g/mol. The zero-order valence-electron chi connectivity index (χ0n) is 9.87. The number of hydrazine groups is 1. The second-order valence-electron chi connectivity index (χ2n) is 4.05. The van der Waals surface area contributed by atoms with Gasteiger partial charge in [0.25, 0.3) is 0 Å². The van der Waals surface area contributed by atoms with Crippen molar-refractivity contribution in [2.75, 3.05) is 0 Å². The van der Waals surface area contributed by atoms with Crippen molar-refractivity contribution in [3.63, 3.8) is 0 Å². The SMILES string of the molecule is C=C[CH2][Sn]([CH2]C=C)([CH2]C=C)[CH2]CC(=O)NN. The molecule has 0 fully saturated rings. The number of carbonyl (C=O) groups is 1. The van der Waals surface area contributed by atoms with Gasteiger partial charge >= 0.3 is 102 Å². The van der Waals surface area contributed by atoms with Gasteiger partial charge in [-0.15, -0.1) is 0 Å². The fraction of sp³-hybridized carbons (Fsp3) is 0.417. The fourth-order valence-corrected chi connectivity index (χ4v) is 12.5. The number of rotatable bonds is 9. The Kier molecular flexibility index (Phi) is 8.29. The third kappa shape index (κ3) is 5.51. The van der Waals surface area contributed by atoms with Crippen molar-refractivity contribution in [3.05, 3.63) is 38.0 Å². The maximum atomic E-state index is 11.2. The van der Waals surface area contributed by atoms with E-state index in [1.54, 1.807) is 0 Å². The quantitative estimate of drug-likeness (QED) is 0.224. The molecule has 1 amide bonds. The summed E-state index contributed by atoms with van der Waals surface area (Å²) >= 11 is -2.34. The van der Waals surface area contributed by atoms with Crippen LogP contribution in [0.2, 0.25) is 17.7 Å². The van der Waals surface area contributed by atoms with E-state index in [9.17, 15) is 4.79 Å². The van der Waals surface area contributed by atoms with E-state index in [0.717, 1.165) is 17.7 Å². The first-order valence-electron chi connectivity index (χ1n) is 5.46. The number of hydrogen-bond donors (Lipinski definition) is 2. The van der Waals surface area contributed by atoms with E-state index in [1.165, 1.54) is 0 Å². The molecule has 16 heavy (non-hydrogen) atoms. The zero-order valence-corrected chi connectivity index (χ0v) is 12.7. The standard InChI is InChI=1S/C3H7N2O.3C3H5.Sn/c1-2-3(6)5-4;3*1-3-2;/h1-2,4H2,(H,5,6);3*3H,1-2H2;. The molecule has 0 saturated carbocycles. The summed E-state index contributed by atoms with van der Waals surface area (Å²) in [5, 5.41) is 0. The Morgan fingerprint density at radius 3 is 1.88 bits per heavy atom. The Bertz CT molecular complexity index is 237. The number of carbonyl (C=O) groups excluding carboxylic acids is 1. The summed E-state index contributed by atoms with van der Waals surface area (Å²) < 4.78 is 4.15. The molecule has 0 aliphatic carbocycles. The summed E-state index contributed by atoms with van der Waals surface area (Å²) in [6.07, 6.45) is 6.44. The number of nitrogens with one attached hydrogen (secondary N) is 1. The van der Waals surface area contributed by atoms with Gasteiger partial charge in [0.15, 0.2) is 0 Å². The van der Waals surface area contributed by atoms with Gasteiger partial charge in [0.1, 0.15) is 0 Å². The molecule has 0 rings (SSSR count). The zero-order chi connectivity index (χ0) is 12.4. The van der Waals surface area contributed by atoms with Gasteiger partial charge in [0.2, 0.25) is 0 Å². The minimum atomic E-state index is -2.34. The van der Waals surface area contributed by atoms with Crippen LogP contribution in [0.15, 0.2) is 38.0 Å². The molecule has 0 aliphatic heterocycles. The first-order chi connectivity index (χ1) is 7.64. The molecule has 0 aromatic rings. The molecule has 3 nitrogen and oxygen atoms in total. The van der Waals surface area contributed by atoms with Crippen molar-refractivity contribution in [3.8, 4) is 0 Å².